The number of nitrogens with zero attached hydrogens (tertiary/aromatic N) is 1. The van der Waals surface area contributed by atoms with Crippen LogP contribution in [0.15, 0.2) is 47.3 Å². The number of benzene rings is 2. The number of H-pyrrole nitrogens is 1. The van der Waals surface area contributed by atoms with Crippen LogP contribution in [0.2, 0.25) is 0 Å². The molecule has 5 heteroatoms. The molecule has 0 saturated heterocycles. The van der Waals surface area contributed by atoms with Gasteiger partial charge in [0.15, 0.2) is 0 Å². The SMILES string of the molecule is [B]c1ccc(-c2nc3ccc(F)cc3c(=O)[nH]2)cc1. The lowest BCUT2D eigenvalue weighted by atomic mass is 9.95. The molecule has 2 aromatic carbocycles. The van der Waals surface area contributed by atoms with Crippen molar-refractivity contribution in [1.29, 1.82) is 0 Å². The summed E-state index contributed by atoms with van der Waals surface area (Å²) >= 11 is 0. The Kier molecular flexibility index (Phi) is 2.67. The minimum absolute atomic E-state index is 0.235. The maximum Gasteiger partial charge on any atom is 0.259 e. The summed E-state index contributed by atoms with van der Waals surface area (Å²) in [5.41, 5.74) is 1.47. The summed E-state index contributed by atoms with van der Waals surface area (Å²) < 4.78 is 13.1. The van der Waals surface area contributed by atoms with Crippen molar-refractivity contribution in [3.05, 3.63) is 58.6 Å². The molecule has 3 rings (SSSR count). The third kappa shape index (κ3) is 2.15. The maximum atomic E-state index is 13.1. The quantitative estimate of drug-likeness (QED) is 0.665. The number of hydrogen-bond donors (Lipinski definition) is 1. The first-order valence-electron chi connectivity index (χ1n) is 5.69. The normalized spacial score (nSPS) is 10.8. The van der Waals surface area contributed by atoms with Crippen LogP contribution in [-0.4, -0.2) is 17.8 Å². The van der Waals surface area contributed by atoms with E-state index < -0.39 is 5.82 Å². The molecule has 0 atom stereocenters. The summed E-state index contributed by atoms with van der Waals surface area (Å²) in [5, 5.41) is 0.235. The van der Waals surface area contributed by atoms with Crippen LogP contribution >= 0.6 is 0 Å². The fraction of sp³-hybridized carbons (Fsp3) is 0. The number of rotatable bonds is 1. The molecule has 1 heterocycles. The second kappa shape index (κ2) is 4.35. The van der Waals surface area contributed by atoms with Crippen LogP contribution < -0.4 is 11.0 Å². The van der Waals surface area contributed by atoms with Crippen LogP contribution in [0.1, 0.15) is 0 Å². The van der Waals surface area contributed by atoms with Gasteiger partial charge in [0.2, 0.25) is 0 Å². The molecule has 0 saturated carbocycles. The lowest BCUT2D eigenvalue weighted by molar-refractivity contribution is 0.629. The third-order valence-electron chi connectivity index (χ3n) is 2.85. The summed E-state index contributed by atoms with van der Waals surface area (Å²) in [5.74, 6) is -0.0239. The highest BCUT2D eigenvalue weighted by Crippen LogP contribution is 2.15. The van der Waals surface area contributed by atoms with Crippen molar-refractivity contribution in [2.45, 2.75) is 0 Å². The molecule has 0 amide bonds. The first kappa shape index (κ1) is 11.7. The Morgan fingerprint density at radius 2 is 1.84 bits per heavy atom. The van der Waals surface area contributed by atoms with Gasteiger partial charge in [-0.25, -0.2) is 9.37 Å². The molecule has 3 aromatic rings. The highest BCUT2D eigenvalue weighted by Gasteiger charge is 2.06. The highest BCUT2D eigenvalue weighted by atomic mass is 19.1. The van der Waals surface area contributed by atoms with Crippen molar-refractivity contribution < 1.29 is 4.39 Å². The smallest absolute Gasteiger partial charge is 0.259 e. The van der Waals surface area contributed by atoms with Gasteiger partial charge in [-0.3, -0.25) is 4.79 Å². The van der Waals surface area contributed by atoms with E-state index >= 15 is 0 Å². The third-order valence-corrected chi connectivity index (χ3v) is 2.85. The van der Waals surface area contributed by atoms with E-state index in [4.69, 9.17) is 7.85 Å². The summed E-state index contributed by atoms with van der Waals surface area (Å²) in [6.45, 7) is 0. The molecular weight excluding hydrogens is 242 g/mol. The van der Waals surface area contributed by atoms with Crippen LogP contribution in [0.25, 0.3) is 22.3 Å². The van der Waals surface area contributed by atoms with Crippen molar-refractivity contribution in [2.24, 2.45) is 0 Å². The number of nitrogens with one attached hydrogen (secondary N) is 1. The summed E-state index contributed by atoms with van der Waals surface area (Å²) in [6.07, 6.45) is 0. The zero-order chi connectivity index (χ0) is 13.4. The minimum Gasteiger partial charge on any atom is -0.306 e. The molecule has 3 nitrogen and oxygen atoms in total. The number of hydrogen-bond acceptors (Lipinski definition) is 2. The highest BCUT2D eigenvalue weighted by molar-refractivity contribution is 6.32. The van der Waals surface area contributed by atoms with Gasteiger partial charge in [0.05, 0.1) is 10.9 Å². The first-order valence-corrected chi connectivity index (χ1v) is 5.69. The van der Waals surface area contributed by atoms with E-state index in [0.29, 0.717) is 16.8 Å². The van der Waals surface area contributed by atoms with Gasteiger partial charge in [0.25, 0.3) is 5.56 Å². The van der Waals surface area contributed by atoms with Crippen LogP contribution in [-0.2, 0) is 0 Å². The number of aromatic amines is 1. The Balaban J connectivity index is 2.24. The predicted molar refractivity (Wildman–Crippen MR) is 73.1 cm³/mol. The molecular formula is C14H8BFN2O. The van der Waals surface area contributed by atoms with E-state index in [1.54, 1.807) is 24.3 Å². The van der Waals surface area contributed by atoms with E-state index in [-0.39, 0.29) is 10.9 Å². The summed E-state index contributed by atoms with van der Waals surface area (Å²) in [4.78, 5) is 18.9. The van der Waals surface area contributed by atoms with E-state index in [2.05, 4.69) is 9.97 Å². The number of aromatic nitrogens is 2. The molecule has 19 heavy (non-hydrogen) atoms. The van der Waals surface area contributed by atoms with Crippen LogP contribution in [0.3, 0.4) is 0 Å². The lowest BCUT2D eigenvalue weighted by Gasteiger charge is -2.03. The molecule has 0 aliphatic heterocycles. The van der Waals surface area contributed by atoms with Gasteiger partial charge in [-0.2, -0.15) is 0 Å². The molecule has 0 aliphatic rings. The molecule has 90 valence electrons. The standard InChI is InChI=1S/C14H8BFN2O/c15-9-3-1-8(2-4-9)13-17-12-6-5-10(16)7-11(12)14(19)18-13/h1-7H,(H,17,18,19). The monoisotopic (exact) mass is 250 g/mol. The average Bonchev–Trinajstić information content (AvgIpc) is 2.40. The van der Waals surface area contributed by atoms with Gasteiger partial charge < -0.3 is 4.98 Å². The molecule has 0 aliphatic carbocycles. The van der Waals surface area contributed by atoms with Crippen molar-refractivity contribution in [2.75, 3.05) is 0 Å². The molecule has 0 bridgehead atoms. The zero-order valence-electron chi connectivity index (χ0n) is 9.85. The Hall–Kier alpha value is -2.43. The van der Waals surface area contributed by atoms with Crippen LogP contribution in [0.4, 0.5) is 4.39 Å². The zero-order valence-corrected chi connectivity index (χ0v) is 9.85. The Morgan fingerprint density at radius 3 is 2.58 bits per heavy atom. The van der Waals surface area contributed by atoms with Crippen LogP contribution in [0.5, 0.6) is 0 Å². The molecule has 2 radical (unpaired) electrons. The van der Waals surface area contributed by atoms with E-state index in [1.165, 1.54) is 18.2 Å². The predicted octanol–water partition coefficient (Wildman–Crippen LogP) is 1.52. The van der Waals surface area contributed by atoms with Crippen molar-refractivity contribution in [1.82, 2.24) is 9.97 Å². The Bertz CT molecular complexity index is 812. The first-order chi connectivity index (χ1) is 9.13. The van der Waals surface area contributed by atoms with Gasteiger partial charge >= 0.3 is 0 Å². The Labute approximate surface area is 109 Å². The largest absolute Gasteiger partial charge is 0.306 e. The van der Waals surface area contributed by atoms with Gasteiger partial charge in [0, 0.05) is 5.56 Å². The maximum absolute atomic E-state index is 13.1. The van der Waals surface area contributed by atoms with Crippen LogP contribution in [0, 0.1) is 5.82 Å². The minimum atomic E-state index is -0.458. The van der Waals surface area contributed by atoms with Gasteiger partial charge in [-0.05, 0) is 18.2 Å². The van der Waals surface area contributed by atoms with Gasteiger partial charge in [0.1, 0.15) is 19.5 Å². The van der Waals surface area contributed by atoms with E-state index in [9.17, 15) is 9.18 Å². The Morgan fingerprint density at radius 1 is 1.11 bits per heavy atom. The average molecular weight is 250 g/mol. The van der Waals surface area contributed by atoms with Crippen molar-refractivity contribution in [3.8, 4) is 11.4 Å². The fourth-order valence-electron chi connectivity index (χ4n) is 1.89. The topological polar surface area (TPSA) is 45.8 Å². The molecule has 1 N–H and O–H groups in total. The second-order valence-electron chi connectivity index (χ2n) is 4.20. The molecule has 0 spiro atoms. The molecule has 0 unspecified atom stereocenters. The number of fused-ring (bicyclic) bond motifs is 1. The second-order valence-corrected chi connectivity index (χ2v) is 4.20. The lowest BCUT2D eigenvalue weighted by Crippen LogP contribution is -2.10. The van der Waals surface area contributed by atoms with E-state index in [0.717, 1.165) is 5.56 Å². The fourth-order valence-corrected chi connectivity index (χ4v) is 1.89. The number of halogens is 1. The molecule has 0 fully saturated rings. The van der Waals surface area contributed by atoms with Crippen molar-refractivity contribution in [3.63, 3.8) is 0 Å². The van der Waals surface area contributed by atoms with E-state index in [1.807, 2.05) is 0 Å². The van der Waals surface area contributed by atoms with Crippen molar-refractivity contribution >= 4 is 24.2 Å². The van der Waals surface area contributed by atoms with Gasteiger partial charge in [-0.15, -0.1) is 0 Å². The van der Waals surface area contributed by atoms with Gasteiger partial charge in [-0.1, -0.05) is 29.7 Å². The summed E-state index contributed by atoms with van der Waals surface area (Å²) in [7, 11) is 5.61. The molecule has 1 aromatic heterocycles. The summed E-state index contributed by atoms with van der Waals surface area (Å²) in [6, 6.07) is 10.9.